The predicted molar refractivity (Wildman–Crippen MR) is 81.5 cm³/mol. The van der Waals surface area contributed by atoms with Gasteiger partial charge >= 0.3 is 6.09 Å². The van der Waals surface area contributed by atoms with Crippen molar-refractivity contribution in [3.63, 3.8) is 0 Å². The van der Waals surface area contributed by atoms with Gasteiger partial charge in [-0.25, -0.2) is 13.2 Å². The molecule has 0 radical (unpaired) electrons. The maximum Gasteiger partial charge on any atom is 0.407 e. The molecule has 0 bridgehead atoms. The summed E-state index contributed by atoms with van der Waals surface area (Å²) in [6.45, 7) is 4.86. The second-order valence-electron chi connectivity index (χ2n) is 5.61. The van der Waals surface area contributed by atoms with Gasteiger partial charge in [-0.3, -0.25) is 0 Å². The number of carbonyl (C=O) groups excluding carboxylic acids is 1. The lowest BCUT2D eigenvalue weighted by Crippen LogP contribution is -2.48. The molecule has 8 heteroatoms. The summed E-state index contributed by atoms with van der Waals surface area (Å²) < 4.78 is 33.5. The number of alkyl carbamates (subject to hydrolysis) is 1. The van der Waals surface area contributed by atoms with Crippen LogP contribution in [0.15, 0.2) is 0 Å². The van der Waals surface area contributed by atoms with Crippen molar-refractivity contribution in [2.45, 2.75) is 44.8 Å². The Morgan fingerprint density at radius 3 is 2.67 bits per heavy atom. The summed E-state index contributed by atoms with van der Waals surface area (Å²) >= 11 is 5.76. The fraction of sp³-hybridized carbons (Fsp3) is 0.923. The smallest absolute Gasteiger partial charge is 0.407 e. The average Bonchev–Trinajstić information content (AvgIpc) is 2.66. The van der Waals surface area contributed by atoms with Gasteiger partial charge in [0, 0.05) is 13.0 Å². The summed E-state index contributed by atoms with van der Waals surface area (Å²) in [5, 5.41) is 2.64. The number of carbonyl (C=O) groups is 1. The summed E-state index contributed by atoms with van der Waals surface area (Å²) in [6.07, 6.45) is 0.780. The van der Waals surface area contributed by atoms with Crippen LogP contribution in [0.4, 0.5) is 4.79 Å². The molecule has 0 aliphatic carbocycles. The fourth-order valence-corrected chi connectivity index (χ4v) is 4.48. The highest BCUT2D eigenvalue weighted by Crippen LogP contribution is 2.23. The van der Waals surface area contributed by atoms with Crippen LogP contribution in [0.3, 0.4) is 0 Å². The number of halogens is 1. The third-order valence-corrected chi connectivity index (χ3v) is 5.53. The van der Waals surface area contributed by atoms with Crippen LogP contribution in [-0.2, 0) is 19.3 Å². The second-order valence-corrected chi connectivity index (χ2v) is 8.10. The Labute approximate surface area is 131 Å². The molecule has 124 valence electrons. The fourth-order valence-electron chi connectivity index (χ4n) is 2.17. The third kappa shape index (κ3) is 6.84. The van der Waals surface area contributed by atoms with Gasteiger partial charge in [0.05, 0.1) is 29.5 Å². The zero-order valence-corrected chi connectivity index (χ0v) is 14.1. The van der Waals surface area contributed by atoms with Crippen LogP contribution >= 0.6 is 11.6 Å². The van der Waals surface area contributed by atoms with Crippen molar-refractivity contribution in [3.8, 4) is 0 Å². The minimum Gasteiger partial charge on any atom is -0.445 e. The molecule has 1 aliphatic rings. The summed E-state index contributed by atoms with van der Waals surface area (Å²) in [5.74, 6) is 0.214. The van der Waals surface area contributed by atoms with E-state index in [4.69, 9.17) is 21.1 Å². The van der Waals surface area contributed by atoms with E-state index in [1.807, 2.05) is 6.92 Å². The van der Waals surface area contributed by atoms with Gasteiger partial charge in [-0.05, 0) is 19.8 Å². The number of hydrogen-bond acceptors (Lipinski definition) is 5. The first kappa shape index (κ1) is 18.5. The number of sulfone groups is 1. The number of alkyl halides is 1. The Kier molecular flexibility index (Phi) is 7.23. The highest BCUT2D eigenvalue weighted by atomic mass is 35.5. The van der Waals surface area contributed by atoms with Crippen molar-refractivity contribution in [2.75, 3.05) is 30.6 Å². The van der Waals surface area contributed by atoms with E-state index >= 15 is 0 Å². The van der Waals surface area contributed by atoms with Gasteiger partial charge < -0.3 is 14.8 Å². The Hall–Kier alpha value is -0.530. The van der Waals surface area contributed by atoms with Crippen LogP contribution in [0.5, 0.6) is 0 Å². The minimum absolute atomic E-state index is 0.0553. The Balaban J connectivity index is 2.37. The quantitative estimate of drug-likeness (QED) is 0.537. The monoisotopic (exact) mass is 341 g/mol. The molecule has 2 unspecified atom stereocenters. The Bertz CT molecular complexity index is 442. The molecule has 1 rings (SSSR count). The number of rotatable bonds is 8. The van der Waals surface area contributed by atoms with E-state index in [1.165, 1.54) is 0 Å². The zero-order chi connectivity index (χ0) is 15.9. The van der Waals surface area contributed by atoms with Crippen LogP contribution in [-0.4, -0.2) is 56.8 Å². The van der Waals surface area contributed by atoms with Crippen molar-refractivity contribution in [2.24, 2.45) is 0 Å². The number of nitrogens with one attached hydrogen (secondary N) is 1. The lowest BCUT2D eigenvalue weighted by Gasteiger charge is -2.25. The maximum absolute atomic E-state index is 11.8. The van der Waals surface area contributed by atoms with Crippen LogP contribution in [0.2, 0.25) is 0 Å². The molecule has 1 amide bonds. The SMILES string of the molecule is CCCOCCC(CCl)OC(=O)NC1(C)CCS(=O)(=O)C1. The van der Waals surface area contributed by atoms with E-state index in [9.17, 15) is 13.2 Å². The van der Waals surface area contributed by atoms with Crippen molar-refractivity contribution < 1.29 is 22.7 Å². The van der Waals surface area contributed by atoms with Gasteiger partial charge in [0.2, 0.25) is 0 Å². The first-order valence-electron chi connectivity index (χ1n) is 7.13. The van der Waals surface area contributed by atoms with Gasteiger partial charge in [-0.15, -0.1) is 11.6 Å². The minimum atomic E-state index is -3.07. The van der Waals surface area contributed by atoms with Crippen molar-refractivity contribution >= 4 is 27.5 Å². The molecule has 1 saturated heterocycles. The summed E-state index contributed by atoms with van der Waals surface area (Å²) in [5.41, 5.74) is -0.758. The summed E-state index contributed by atoms with van der Waals surface area (Å²) in [7, 11) is -3.07. The first-order chi connectivity index (χ1) is 9.80. The molecule has 0 spiro atoms. The van der Waals surface area contributed by atoms with Gasteiger partial charge in [0.1, 0.15) is 6.10 Å². The lowest BCUT2D eigenvalue weighted by molar-refractivity contribution is 0.0643. The molecule has 2 atom stereocenters. The molecule has 0 aromatic rings. The third-order valence-electron chi connectivity index (χ3n) is 3.29. The largest absolute Gasteiger partial charge is 0.445 e. The maximum atomic E-state index is 11.8. The lowest BCUT2D eigenvalue weighted by atomic mass is 10.0. The van der Waals surface area contributed by atoms with Crippen molar-refractivity contribution in [1.29, 1.82) is 0 Å². The van der Waals surface area contributed by atoms with E-state index in [0.29, 0.717) is 26.1 Å². The molecule has 21 heavy (non-hydrogen) atoms. The molecule has 1 heterocycles. The van der Waals surface area contributed by atoms with E-state index in [2.05, 4.69) is 5.32 Å². The van der Waals surface area contributed by atoms with Gasteiger partial charge in [-0.1, -0.05) is 6.92 Å². The molecule has 0 aromatic heterocycles. The van der Waals surface area contributed by atoms with Crippen molar-refractivity contribution in [3.05, 3.63) is 0 Å². The molecule has 6 nitrogen and oxygen atoms in total. The number of amides is 1. The number of ether oxygens (including phenoxy) is 2. The Morgan fingerprint density at radius 1 is 1.43 bits per heavy atom. The molecule has 1 N–H and O–H groups in total. The molecular weight excluding hydrogens is 318 g/mol. The van der Waals surface area contributed by atoms with Gasteiger partial charge in [-0.2, -0.15) is 0 Å². The van der Waals surface area contributed by atoms with Gasteiger partial charge in [0.15, 0.2) is 9.84 Å². The topological polar surface area (TPSA) is 81.7 Å². The summed E-state index contributed by atoms with van der Waals surface area (Å²) in [4.78, 5) is 11.8. The van der Waals surface area contributed by atoms with Crippen LogP contribution in [0.25, 0.3) is 0 Å². The summed E-state index contributed by atoms with van der Waals surface area (Å²) in [6, 6.07) is 0. The first-order valence-corrected chi connectivity index (χ1v) is 9.49. The van der Waals surface area contributed by atoms with Crippen LogP contribution in [0.1, 0.15) is 33.1 Å². The zero-order valence-electron chi connectivity index (χ0n) is 12.6. The molecule has 0 saturated carbocycles. The standard InChI is InChI=1S/C13H24ClNO5S/c1-3-6-19-7-4-11(9-14)20-12(16)15-13(2)5-8-21(17,18)10-13/h11H,3-10H2,1-2H3,(H,15,16). The Morgan fingerprint density at radius 2 is 2.14 bits per heavy atom. The van der Waals surface area contributed by atoms with Crippen LogP contribution < -0.4 is 5.32 Å². The molecular formula is C13H24ClNO5S. The highest BCUT2D eigenvalue weighted by Gasteiger charge is 2.40. The average molecular weight is 342 g/mol. The predicted octanol–water partition coefficient (Wildman–Crippen LogP) is 1.71. The normalized spacial score (nSPS) is 25.5. The van der Waals surface area contributed by atoms with E-state index < -0.39 is 27.6 Å². The molecule has 0 aromatic carbocycles. The van der Waals surface area contributed by atoms with E-state index in [1.54, 1.807) is 6.92 Å². The van der Waals surface area contributed by atoms with Crippen molar-refractivity contribution in [1.82, 2.24) is 5.32 Å². The molecule has 1 fully saturated rings. The molecule has 1 aliphatic heterocycles. The number of hydrogen-bond donors (Lipinski definition) is 1. The van der Waals surface area contributed by atoms with Crippen LogP contribution in [0, 0.1) is 0 Å². The van der Waals surface area contributed by atoms with Gasteiger partial charge in [0.25, 0.3) is 0 Å². The highest BCUT2D eigenvalue weighted by molar-refractivity contribution is 7.91. The van der Waals surface area contributed by atoms with E-state index in [0.717, 1.165) is 6.42 Å². The van der Waals surface area contributed by atoms with E-state index in [-0.39, 0.29) is 17.4 Å². The second kappa shape index (κ2) is 8.19.